The van der Waals surface area contributed by atoms with Crippen LogP contribution in [0.5, 0.6) is 0 Å². The van der Waals surface area contributed by atoms with Crippen molar-refractivity contribution < 1.29 is 14.0 Å². The summed E-state index contributed by atoms with van der Waals surface area (Å²) in [6, 6.07) is 12.2. The first kappa shape index (κ1) is 23.0. The number of halogens is 2. The van der Waals surface area contributed by atoms with Gasteiger partial charge in [0, 0.05) is 26.0 Å². The second-order valence-electron chi connectivity index (χ2n) is 6.68. The van der Waals surface area contributed by atoms with Gasteiger partial charge in [-0.05, 0) is 43.3 Å². The molecule has 0 aromatic heterocycles. The lowest BCUT2D eigenvalue weighted by Gasteiger charge is -2.10. The van der Waals surface area contributed by atoms with Gasteiger partial charge >= 0.3 is 0 Å². The molecule has 1 N–H and O–H groups in total. The summed E-state index contributed by atoms with van der Waals surface area (Å²) >= 11 is 7.42. The van der Waals surface area contributed by atoms with Gasteiger partial charge in [0.05, 0.1) is 23.9 Å². The van der Waals surface area contributed by atoms with Crippen LogP contribution in [0.2, 0.25) is 5.02 Å². The SMILES string of the molecule is C=CC1=C(/C=C\C(C)C(=O)NOCC)Sc2ccccc2C(c2ccc(Cl)cc2F)=N1. The minimum atomic E-state index is -0.449. The molecule has 1 heterocycles. The number of benzene rings is 2. The van der Waals surface area contributed by atoms with Crippen molar-refractivity contribution in [3.63, 3.8) is 0 Å². The van der Waals surface area contributed by atoms with Gasteiger partial charge in [-0.2, -0.15) is 0 Å². The van der Waals surface area contributed by atoms with Crippen LogP contribution in [0, 0.1) is 11.7 Å². The Kier molecular flexibility index (Phi) is 7.85. The van der Waals surface area contributed by atoms with E-state index in [4.69, 9.17) is 21.4 Å². The number of aliphatic imine (C=N–C) groups is 1. The van der Waals surface area contributed by atoms with Gasteiger partial charge in [-0.25, -0.2) is 14.9 Å². The molecule has 0 radical (unpaired) electrons. The van der Waals surface area contributed by atoms with E-state index in [1.165, 1.54) is 17.8 Å². The summed E-state index contributed by atoms with van der Waals surface area (Å²) in [4.78, 5) is 23.5. The number of hydrogen-bond donors (Lipinski definition) is 1. The van der Waals surface area contributed by atoms with Gasteiger partial charge in [-0.1, -0.05) is 61.1 Å². The Balaban J connectivity index is 2.06. The van der Waals surface area contributed by atoms with Gasteiger partial charge < -0.3 is 0 Å². The van der Waals surface area contributed by atoms with Crippen molar-refractivity contribution in [2.24, 2.45) is 10.9 Å². The smallest absolute Gasteiger partial charge is 0.250 e. The maximum absolute atomic E-state index is 14.8. The zero-order valence-corrected chi connectivity index (χ0v) is 18.8. The quantitative estimate of drug-likeness (QED) is 0.513. The third kappa shape index (κ3) is 5.53. The molecule has 0 fully saturated rings. The van der Waals surface area contributed by atoms with Crippen LogP contribution in [-0.2, 0) is 9.63 Å². The van der Waals surface area contributed by atoms with Gasteiger partial charge in [-0.3, -0.25) is 9.63 Å². The topological polar surface area (TPSA) is 50.7 Å². The first-order valence-electron chi connectivity index (χ1n) is 9.72. The molecule has 2 aromatic carbocycles. The predicted octanol–water partition coefficient (Wildman–Crippen LogP) is 6.08. The van der Waals surface area contributed by atoms with Crippen molar-refractivity contribution in [2.45, 2.75) is 18.7 Å². The lowest BCUT2D eigenvalue weighted by Crippen LogP contribution is -2.28. The molecular weight excluding hydrogens is 435 g/mol. The second kappa shape index (κ2) is 10.6. The number of amides is 1. The molecule has 0 saturated heterocycles. The second-order valence-corrected chi connectivity index (χ2v) is 8.20. The van der Waals surface area contributed by atoms with E-state index in [2.05, 4.69) is 12.1 Å². The molecule has 1 aliphatic rings. The molecular formula is C24H22ClFN2O2S. The number of thioether (sulfide) groups is 1. The summed E-state index contributed by atoms with van der Waals surface area (Å²) in [6.45, 7) is 7.83. The van der Waals surface area contributed by atoms with Gasteiger partial charge in [0.2, 0.25) is 5.91 Å². The zero-order valence-electron chi connectivity index (χ0n) is 17.2. The fraction of sp³-hybridized carbons (Fsp3) is 0.167. The molecule has 1 unspecified atom stereocenters. The Bertz CT molecular complexity index is 1090. The van der Waals surface area contributed by atoms with E-state index in [1.54, 1.807) is 38.1 Å². The molecule has 7 heteroatoms. The maximum Gasteiger partial charge on any atom is 0.250 e. The lowest BCUT2D eigenvalue weighted by atomic mass is 10.0. The molecule has 1 amide bonds. The normalized spacial score (nSPS) is 14.6. The third-order valence-corrected chi connectivity index (χ3v) is 5.87. The van der Waals surface area contributed by atoms with Crippen molar-refractivity contribution >= 4 is 35.0 Å². The van der Waals surface area contributed by atoms with E-state index in [1.807, 2.05) is 30.3 Å². The first-order chi connectivity index (χ1) is 14.9. The molecule has 4 nitrogen and oxygen atoms in total. The zero-order chi connectivity index (χ0) is 22.4. The number of rotatable bonds is 7. The Morgan fingerprint density at radius 2 is 2.10 bits per heavy atom. The molecule has 1 atom stereocenters. The number of hydrogen-bond acceptors (Lipinski definition) is 4. The largest absolute Gasteiger partial charge is 0.274 e. The van der Waals surface area contributed by atoms with Gasteiger partial charge in [0.15, 0.2) is 0 Å². The van der Waals surface area contributed by atoms with E-state index >= 15 is 0 Å². The molecule has 0 aliphatic carbocycles. The summed E-state index contributed by atoms with van der Waals surface area (Å²) < 4.78 is 14.8. The lowest BCUT2D eigenvalue weighted by molar-refractivity contribution is -0.135. The fourth-order valence-corrected chi connectivity index (χ4v) is 4.06. The van der Waals surface area contributed by atoms with Crippen LogP contribution in [0.3, 0.4) is 0 Å². The number of fused-ring (bicyclic) bond motifs is 1. The van der Waals surface area contributed by atoms with Crippen LogP contribution in [0.25, 0.3) is 0 Å². The summed E-state index contributed by atoms with van der Waals surface area (Å²) in [5.74, 6) is -1.11. The number of nitrogens with one attached hydrogen (secondary N) is 1. The molecule has 3 rings (SSSR count). The average Bonchev–Trinajstić information content (AvgIpc) is 2.92. The Hall–Kier alpha value is -2.67. The maximum atomic E-state index is 14.8. The standard InChI is InChI=1S/C24H22ClFN2O2S/c1-4-20-22(13-10-15(3)24(29)28-30-5-2)31-21-9-7-6-8-18(21)23(27-20)17-12-11-16(25)14-19(17)26/h4,6-15H,1,5H2,2-3H3,(H,28,29)/b13-10-. The van der Waals surface area contributed by atoms with Gasteiger partial charge in [-0.15, -0.1) is 0 Å². The van der Waals surface area contributed by atoms with Crippen LogP contribution in [0.1, 0.15) is 25.0 Å². The van der Waals surface area contributed by atoms with E-state index in [9.17, 15) is 9.18 Å². The molecule has 0 saturated carbocycles. The van der Waals surface area contributed by atoms with Gasteiger partial charge in [0.25, 0.3) is 0 Å². The minimum absolute atomic E-state index is 0.245. The highest BCUT2D eigenvalue weighted by molar-refractivity contribution is 8.03. The molecule has 160 valence electrons. The molecule has 1 aliphatic heterocycles. The van der Waals surface area contributed by atoms with E-state index < -0.39 is 11.7 Å². The summed E-state index contributed by atoms with van der Waals surface area (Å²) in [5.41, 5.74) is 4.64. The predicted molar refractivity (Wildman–Crippen MR) is 125 cm³/mol. The monoisotopic (exact) mass is 456 g/mol. The van der Waals surface area contributed by atoms with Crippen LogP contribution in [0.15, 0.2) is 87.8 Å². The van der Waals surface area contributed by atoms with Crippen LogP contribution in [-0.4, -0.2) is 18.2 Å². The summed E-state index contributed by atoms with van der Waals surface area (Å²) in [5, 5.41) is 0.320. The van der Waals surface area contributed by atoms with E-state index in [0.29, 0.717) is 28.6 Å². The molecule has 2 aromatic rings. The molecule has 0 spiro atoms. The Labute approximate surface area is 190 Å². The highest BCUT2D eigenvalue weighted by Gasteiger charge is 2.21. The van der Waals surface area contributed by atoms with Crippen LogP contribution in [0.4, 0.5) is 4.39 Å². The van der Waals surface area contributed by atoms with Crippen molar-refractivity contribution in [1.82, 2.24) is 5.48 Å². The highest BCUT2D eigenvalue weighted by atomic mass is 35.5. The van der Waals surface area contributed by atoms with Crippen molar-refractivity contribution in [2.75, 3.05) is 6.61 Å². The number of hydroxylamine groups is 1. The highest BCUT2D eigenvalue weighted by Crippen LogP contribution is 2.38. The Morgan fingerprint density at radius 3 is 2.81 bits per heavy atom. The number of carbonyl (C=O) groups excluding carboxylic acids is 1. The third-order valence-electron chi connectivity index (χ3n) is 4.49. The van der Waals surface area contributed by atoms with Crippen molar-refractivity contribution in [3.8, 4) is 0 Å². The van der Waals surface area contributed by atoms with E-state index in [-0.39, 0.29) is 5.91 Å². The summed E-state index contributed by atoms with van der Waals surface area (Å²) in [7, 11) is 0. The number of carbonyl (C=O) groups is 1. The van der Waals surface area contributed by atoms with E-state index in [0.717, 1.165) is 15.4 Å². The van der Waals surface area contributed by atoms with Crippen LogP contribution < -0.4 is 5.48 Å². The minimum Gasteiger partial charge on any atom is -0.274 e. The van der Waals surface area contributed by atoms with Crippen molar-refractivity contribution in [1.29, 1.82) is 0 Å². The summed E-state index contributed by atoms with van der Waals surface area (Å²) in [6.07, 6.45) is 5.23. The number of nitrogens with zero attached hydrogens (tertiary/aromatic N) is 1. The Morgan fingerprint density at radius 1 is 1.32 bits per heavy atom. The fourth-order valence-electron chi connectivity index (χ4n) is 2.87. The molecule has 31 heavy (non-hydrogen) atoms. The average molecular weight is 457 g/mol. The first-order valence-corrected chi connectivity index (χ1v) is 10.9. The van der Waals surface area contributed by atoms with Crippen molar-refractivity contribution in [3.05, 3.63) is 99.8 Å². The number of allylic oxidation sites excluding steroid dienone is 2. The van der Waals surface area contributed by atoms with Gasteiger partial charge in [0.1, 0.15) is 5.82 Å². The molecule has 0 bridgehead atoms. The van der Waals surface area contributed by atoms with Crippen LogP contribution >= 0.6 is 23.4 Å².